The molecule has 0 bridgehead atoms. The van der Waals surface area contributed by atoms with Gasteiger partial charge in [-0.25, -0.2) is 0 Å². The van der Waals surface area contributed by atoms with Crippen molar-refractivity contribution in [3.63, 3.8) is 0 Å². The van der Waals surface area contributed by atoms with Crippen molar-refractivity contribution < 1.29 is 0 Å². The highest BCUT2D eigenvalue weighted by Crippen LogP contribution is 2.38. The van der Waals surface area contributed by atoms with Crippen LogP contribution in [0.25, 0.3) is 10.8 Å². The summed E-state index contributed by atoms with van der Waals surface area (Å²) in [6.07, 6.45) is 3.89. The summed E-state index contributed by atoms with van der Waals surface area (Å²) in [5.41, 5.74) is 2.95. The molecule has 0 unspecified atom stereocenters. The lowest BCUT2D eigenvalue weighted by Gasteiger charge is -2.41. The first-order valence-electron chi connectivity index (χ1n) is 11.3. The van der Waals surface area contributed by atoms with E-state index in [-0.39, 0.29) is 0 Å². The Kier molecular flexibility index (Phi) is 5.39. The van der Waals surface area contributed by atoms with E-state index in [0.29, 0.717) is 12.1 Å². The van der Waals surface area contributed by atoms with E-state index in [9.17, 15) is 0 Å². The van der Waals surface area contributed by atoms with Crippen molar-refractivity contribution in [2.24, 2.45) is 5.92 Å². The third-order valence-corrected chi connectivity index (χ3v) is 7.32. The zero-order chi connectivity index (χ0) is 19.6. The van der Waals surface area contributed by atoms with E-state index < -0.39 is 0 Å². The summed E-state index contributed by atoms with van der Waals surface area (Å²) in [5.74, 6) is 0.875. The van der Waals surface area contributed by atoms with Gasteiger partial charge in [0.2, 0.25) is 0 Å². The van der Waals surface area contributed by atoms with Gasteiger partial charge < -0.3 is 4.90 Å². The predicted molar refractivity (Wildman–Crippen MR) is 122 cm³/mol. The number of likely N-dealkylation sites (tertiary alicyclic amines) is 2. The van der Waals surface area contributed by atoms with Crippen molar-refractivity contribution >= 4 is 10.8 Å². The van der Waals surface area contributed by atoms with E-state index in [1.54, 1.807) is 0 Å². The molecule has 0 saturated carbocycles. The fourth-order valence-corrected chi connectivity index (χ4v) is 5.65. The Hall–Kier alpha value is -2.16. The SMILES string of the molecule is C[C@H](c1cccc2ccccc12)N1CC[C@H]2CCN(CCc3ccccc3)C[C@H]21. The van der Waals surface area contributed by atoms with Crippen molar-refractivity contribution in [3.8, 4) is 0 Å². The molecule has 3 atom stereocenters. The van der Waals surface area contributed by atoms with Crippen LogP contribution in [0.15, 0.2) is 72.8 Å². The molecule has 2 aliphatic rings. The molecule has 29 heavy (non-hydrogen) atoms. The second-order valence-electron chi connectivity index (χ2n) is 8.92. The zero-order valence-electron chi connectivity index (χ0n) is 17.5. The van der Waals surface area contributed by atoms with Crippen LogP contribution in [0.1, 0.15) is 36.9 Å². The van der Waals surface area contributed by atoms with Crippen LogP contribution >= 0.6 is 0 Å². The van der Waals surface area contributed by atoms with Crippen LogP contribution in [0.3, 0.4) is 0 Å². The zero-order valence-corrected chi connectivity index (χ0v) is 17.5. The summed E-state index contributed by atoms with van der Waals surface area (Å²) < 4.78 is 0. The average molecular weight is 385 g/mol. The Morgan fingerprint density at radius 1 is 0.862 bits per heavy atom. The van der Waals surface area contributed by atoms with E-state index in [4.69, 9.17) is 0 Å². The van der Waals surface area contributed by atoms with Crippen molar-refractivity contribution in [2.45, 2.75) is 38.3 Å². The van der Waals surface area contributed by atoms with Crippen LogP contribution in [0.2, 0.25) is 0 Å². The Labute approximate surface area is 175 Å². The Bertz CT molecular complexity index is 946. The number of hydrogen-bond donors (Lipinski definition) is 0. The summed E-state index contributed by atoms with van der Waals surface area (Å²) in [5, 5.41) is 2.78. The lowest BCUT2D eigenvalue weighted by Crippen LogP contribution is -2.49. The van der Waals surface area contributed by atoms with E-state index in [1.807, 2.05) is 0 Å². The fourth-order valence-electron chi connectivity index (χ4n) is 5.65. The number of rotatable bonds is 5. The van der Waals surface area contributed by atoms with E-state index in [2.05, 4.69) is 89.5 Å². The van der Waals surface area contributed by atoms with Crippen LogP contribution in [0, 0.1) is 5.92 Å². The number of fused-ring (bicyclic) bond motifs is 2. The summed E-state index contributed by atoms with van der Waals surface area (Å²) in [6.45, 7) is 7.35. The maximum absolute atomic E-state index is 2.81. The maximum Gasteiger partial charge on any atom is 0.0329 e. The summed E-state index contributed by atoms with van der Waals surface area (Å²) in [4.78, 5) is 5.52. The van der Waals surface area contributed by atoms with Crippen LogP contribution < -0.4 is 0 Å². The van der Waals surface area contributed by atoms with Gasteiger partial charge >= 0.3 is 0 Å². The van der Waals surface area contributed by atoms with Crippen LogP contribution in [0.5, 0.6) is 0 Å². The normalized spacial score (nSPS) is 23.9. The molecule has 5 rings (SSSR count). The molecule has 0 amide bonds. The Balaban J connectivity index is 1.31. The van der Waals surface area contributed by atoms with Gasteiger partial charge in [-0.1, -0.05) is 72.8 Å². The molecule has 3 aromatic rings. The molecule has 2 aliphatic heterocycles. The van der Waals surface area contributed by atoms with Crippen LogP contribution in [-0.2, 0) is 6.42 Å². The van der Waals surface area contributed by atoms with Gasteiger partial charge in [0.15, 0.2) is 0 Å². The minimum Gasteiger partial charge on any atom is -0.301 e. The Morgan fingerprint density at radius 3 is 2.52 bits per heavy atom. The number of piperidine rings is 1. The van der Waals surface area contributed by atoms with Crippen molar-refractivity contribution in [1.29, 1.82) is 0 Å². The second kappa shape index (κ2) is 8.30. The molecule has 3 aromatic carbocycles. The molecule has 0 aliphatic carbocycles. The third-order valence-electron chi connectivity index (χ3n) is 7.32. The molecular formula is C27H32N2. The standard InChI is InChI=1S/C27H32N2/c1-21(25-13-7-11-23-10-5-6-12-26(23)25)29-19-16-24-15-18-28(20-27(24)29)17-14-22-8-3-2-4-9-22/h2-13,21,24,27H,14-20H2,1H3/t21-,24-,27-/m1/s1. The molecule has 2 heterocycles. The van der Waals surface area contributed by atoms with Gasteiger partial charge in [-0.05, 0) is 67.1 Å². The highest BCUT2D eigenvalue weighted by Gasteiger charge is 2.40. The number of benzene rings is 3. The summed E-state index contributed by atoms with van der Waals surface area (Å²) >= 11 is 0. The molecule has 150 valence electrons. The lowest BCUT2D eigenvalue weighted by atomic mass is 9.91. The number of hydrogen-bond acceptors (Lipinski definition) is 2. The van der Waals surface area contributed by atoms with E-state index >= 15 is 0 Å². The van der Waals surface area contributed by atoms with Gasteiger partial charge in [0.1, 0.15) is 0 Å². The molecule has 2 fully saturated rings. The quantitative estimate of drug-likeness (QED) is 0.570. The maximum atomic E-state index is 2.81. The molecule has 2 nitrogen and oxygen atoms in total. The molecule has 0 spiro atoms. The topological polar surface area (TPSA) is 6.48 Å². The van der Waals surface area contributed by atoms with E-state index in [0.717, 1.165) is 12.3 Å². The molecule has 0 N–H and O–H groups in total. The van der Waals surface area contributed by atoms with E-state index in [1.165, 1.54) is 60.9 Å². The molecule has 0 radical (unpaired) electrons. The number of nitrogens with zero attached hydrogens (tertiary/aromatic N) is 2. The molecule has 2 heteroatoms. The average Bonchev–Trinajstić information content (AvgIpc) is 3.21. The summed E-state index contributed by atoms with van der Waals surface area (Å²) in [6, 6.07) is 27.8. The first-order valence-corrected chi connectivity index (χ1v) is 11.3. The second-order valence-corrected chi connectivity index (χ2v) is 8.92. The molecular weight excluding hydrogens is 352 g/mol. The molecule has 2 saturated heterocycles. The van der Waals surface area contributed by atoms with Crippen LogP contribution in [-0.4, -0.2) is 42.0 Å². The van der Waals surface area contributed by atoms with Crippen molar-refractivity contribution in [1.82, 2.24) is 9.80 Å². The minimum atomic E-state index is 0.477. The van der Waals surface area contributed by atoms with Gasteiger partial charge in [0.25, 0.3) is 0 Å². The van der Waals surface area contributed by atoms with Gasteiger partial charge in [-0.3, -0.25) is 4.90 Å². The fraction of sp³-hybridized carbons (Fsp3) is 0.407. The summed E-state index contributed by atoms with van der Waals surface area (Å²) in [7, 11) is 0. The highest BCUT2D eigenvalue weighted by molar-refractivity contribution is 5.86. The lowest BCUT2D eigenvalue weighted by molar-refractivity contribution is 0.0839. The third kappa shape index (κ3) is 3.84. The smallest absolute Gasteiger partial charge is 0.0329 e. The van der Waals surface area contributed by atoms with Gasteiger partial charge in [0.05, 0.1) is 0 Å². The monoisotopic (exact) mass is 384 g/mol. The highest BCUT2D eigenvalue weighted by atomic mass is 15.3. The predicted octanol–water partition coefficient (Wildman–Crippen LogP) is 5.54. The van der Waals surface area contributed by atoms with Gasteiger partial charge in [-0.15, -0.1) is 0 Å². The van der Waals surface area contributed by atoms with Crippen molar-refractivity contribution in [2.75, 3.05) is 26.2 Å². The Morgan fingerprint density at radius 2 is 1.62 bits per heavy atom. The van der Waals surface area contributed by atoms with Gasteiger partial charge in [-0.2, -0.15) is 0 Å². The van der Waals surface area contributed by atoms with Gasteiger partial charge in [0, 0.05) is 25.2 Å². The first kappa shape index (κ1) is 18.8. The van der Waals surface area contributed by atoms with Crippen LogP contribution in [0.4, 0.5) is 0 Å². The largest absolute Gasteiger partial charge is 0.301 e. The first-order chi connectivity index (χ1) is 14.3. The van der Waals surface area contributed by atoms with Crippen molar-refractivity contribution in [3.05, 3.63) is 83.9 Å². The minimum absolute atomic E-state index is 0.477. The molecule has 0 aromatic heterocycles.